The molecule has 0 saturated carbocycles. The maximum atomic E-state index is 12.2. The summed E-state index contributed by atoms with van der Waals surface area (Å²) in [6, 6.07) is 5.51. The van der Waals surface area contributed by atoms with E-state index in [0.29, 0.717) is 18.8 Å². The Hall–Kier alpha value is -1.55. The van der Waals surface area contributed by atoms with E-state index in [9.17, 15) is 9.90 Å². The molecule has 0 aliphatic carbocycles. The lowest BCUT2D eigenvalue weighted by Gasteiger charge is -2.24. The number of rotatable bonds is 6. The van der Waals surface area contributed by atoms with Crippen LogP contribution >= 0.6 is 0 Å². The minimum atomic E-state index is -0.508. The Labute approximate surface area is 121 Å². The number of carbonyl (C=O) groups is 1. The Morgan fingerprint density at radius 2 is 1.90 bits per heavy atom. The van der Waals surface area contributed by atoms with Crippen molar-refractivity contribution >= 4 is 5.91 Å². The molecular formula is C16H25NO3. The van der Waals surface area contributed by atoms with E-state index >= 15 is 0 Å². The van der Waals surface area contributed by atoms with Crippen molar-refractivity contribution in [3.8, 4) is 5.75 Å². The number of hydrogen-bond donors (Lipinski definition) is 1. The predicted molar refractivity (Wildman–Crippen MR) is 79.8 cm³/mol. The van der Waals surface area contributed by atoms with Gasteiger partial charge in [-0.2, -0.15) is 0 Å². The summed E-state index contributed by atoms with van der Waals surface area (Å²) >= 11 is 0. The minimum absolute atomic E-state index is 0.00555. The molecule has 1 rings (SSSR count). The largest absolute Gasteiger partial charge is 0.481 e. The molecule has 1 aromatic carbocycles. The van der Waals surface area contributed by atoms with Gasteiger partial charge in [0, 0.05) is 13.1 Å². The molecule has 2 atom stereocenters. The monoisotopic (exact) mass is 279 g/mol. The smallest absolute Gasteiger partial charge is 0.263 e. The fraction of sp³-hybridized carbons (Fsp3) is 0.562. The molecule has 4 heteroatoms. The molecule has 0 heterocycles. The first-order valence-corrected chi connectivity index (χ1v) is 7.14. The summed E-state index contributed by atoms with van der Waals surface area (Å²) < 4.78 is 5.75. The first-order chi connectivity index (χ1) is 9.40. The lowest BCUT2D eigenvalue weighted by molar-refractivity contribution is -0.137. The number of carbonyl (C=O) groups excluding carboxylic acids is 1. The number of likely N-dealkylation sites (N-methyl/N-ethyl adjacent to an activating group) is 1. The van der Waals surface area contributed by atoms with E-state index in [2.05, 4.69) is 0 Å². The summed E-state index contributed by atoms with van der Waals surface area (Å²) in [4.78, 5) is 13.9. The molecule has 0 fully saturated rings. The van der Waals surface area contributed by atoms with Gasteiger partial charge in [0.05, 0.1) is 6.10 Å². The molecule has 0 bridgehead atoms. The molecule has 0 aliphatic heterocycles. The van der Waals surface area contributed by atoms with Gasteiger partial charge in [0.15, 0.2) is 6.10 Å². The second-order valence-corrected chi connectivity index (χ2v) is 4.97. The van der Waals surface area contributed by atoms with Crippen molar-refractivity contribution in [3.05, 3.63) is 29.3 Å². The van der Waals surface area contributed by atoms with Crippen molar-refractivity contribution in [2.24, 2.45) is 0 Å². The van der Waals surface area contributed by atoms with Crippen molar-refractivity contribution in [2.45, 2.75) is 46.8 Å². The standard InChI is InChI=1S/C16H25NO3/c1-6-17(7-2)16(19)13(5)20-15-9-8-14(12(4)18)10-11(15)3/h8-10,12-13,18H,6-7H2,1-5H3. The highest BCUT2D eigenvalue weighted by Gasteiger charge is 2.20. The molecule has 1 amide bonds. The van der Waals surface area contributed by atoms with E-state index in [4.69, 9.17) is 4.74 Å². The van der Waals surface area contributed by atoms with Crippen LogP contribution in [-0.2, 0) is 4.79 Å². The second kappa shape index (κ2) is 7.29. The van der Waals surface area contributed by atoms with Crippen LogP contribution in [-0.4, -0.2) is 35.1 Å². The molecular weight excluding hydrogens is 254 g/mol. The van der Waals surface area contributed by atoms with Crippen LogP contribution < -0.4 is 4.74 Å². The van der Waals surface area contributed by atoms with Crippen LogP contribution in [0.15, 0.2) is 18.2 Å². The maximum absolute atomic E-state index is 12.2. The third-order valence-electron chi connectivity index (χ3n) is 3.41. The van der Waals surface area contributed by atoms with Crippen molar-refractivity contribution in [1.82, 2.24) is 4.90 Å². The van der Waals surface area contributed by atoms with Crippen molar-refractivity contribution in [2.75, 3.05) is 13.1 Å². The van der Waals surface area contributed by atoms with E-state index in [1.165, 1.54) is 0 Å². The van der Waals surface area contributed by atoms with Gasteiger partial charge in [-0.15, -0.1) is 0 Å². The molecule has 0 aromatic heterocycles. The van der Waals surface area contributed by atoms with Crippen LogP contribution in [0.4, 0.5) is 0 Å². The topological polar surface area (TPSA) is 49.8 Å². The average molecular weight is 279 g/mol. The number of amides is 1. The first kappa shape index (κ1) is 16.5. The van der Waals surface area contributed by atoms with Gasteiger partial charge in [0.1, 0.15) is 5.75 Å². The SMILES string of the molecule is CCN(CC)C(=O)C(C)Oc1ccc(C(C)O)cc1C. The predicted octanol–water partition coefficient (Wildman–Crippen LogP) is 2.68. The summed E-state index contributed by atoms with van der Waals surface area (Å²) in [6.07, 6.45) is -1.01. The van der Waals surface area contributed by atoms with Crippen molar-refractivity contribution < 1.29 is 14.6 Å². The van der Waals surface area contributed by atoms with E-state index < -0.39 is 12.2 Å². The second-order valence-electron chi connectivity index (χ2n) is 4.97. The highest BCUT2D eigenvalue weighted by Crippen LogP contribution is 2.23. The lowest BCUT2D eigenvalue weighted by Crippen LogP contribution is -2.40. The van der Waals surface area contributed by atoms with E-state index in [1.54, 1.807) is 18.7 Å². The zero-order valence-electron chi connectivity index (χ0n) is 13.0. The van der Waals surface area contributed by atoms with Crippen molar-refractivity contribution in [1.29, 1.82) is 0 Å². The molecule has 20 heavy (non-hydrogen) atoms. The molecule has 1 N–H and O–H groups in total. The molecule has 1 aromatic rings. The molecule has 0 spiro atoms. The Morgan fingerprint density at radius 1 is 1.30 bits per heavy atom. The average Bonchev–Trinajstić information content (AvgIpc) is 2.41. The fourth-order valence-corrected chi connectivity index (χ4v) is 2.10. The molecule has 0 saturated heterocycles. The Bertz CT molecular complexity index is 453. The Morgan fingerprint density at radius 3 is 2.35 bits per heavy atom. The highest BCUT2D eigenvalue weighted by molar-refractivity contribution is 5.80. The Balaban J connectivity index is 2.80. The molecule has 0 radical (unpaired) electrons. The summed E-state index contributed by atoms with van der Waals surface area (Å²) in [5.41, 5.74) is 1.76. The quantitative estimate of drug-likeness (QED) is 0.871. The zero-order valence-corrected chi connectivity index (χ0v) is 13.0. The van der Waals surface area contributed by atoms with E-state index in [0.717, 1.165) is 11.1 Å². The van der Waals surface area contributed by atoms with Gasteiger partial charge >= 0.3 is 0 Å². The number of aryl methyl sites for hydroxylation is 1. The minimum Gasteiger partial charge on any atom is -0.481 e. The van der Waals surface area contributed by atoms with E-state index in [1.807, 2.05) is 39.0 Å². The summed E-state index contributed by atoms with van der Waals surface area (Å²) in [7, 11) is 0. The van der Waals surface area contributed by atoms with Crippen LogP contribution in [0.25, 0.3) is 0 Å². The number of ether oxygens (including phenoxy) is 1. The number of nitrogens with zero attached hydrogens (tertiary/aromatic N) is 1. The first-order valence-electron chi connectivity index (χ1n) is 7.14. The summed E-state index contributed by atoms with van der Waals surface area (Å²) in [6.45, 7) is 10.7. The van der Waals surface area contributed by atoms with Gasteiger partial charge in [0.25, 0.3) is 5.91 Å². The van der Waals surface area contributed by atoms with Gasteiger partial charge in [-0.1, -0.05) is 6.07 Å². The number of benzene rings is 1. The van der Waals surface area contributed by atoms with Gasteiger partial charge in [-0.05, 0) is 57.9 Å². The van der Waals surface area contributed by atoms with Crippen LogP contribution in [0.1, 0.15) is 44.9 Å². The summed E-state index contributed by atoms with van der Waals surface area (Å²) in [5.74, 6) is 0.677. The number of aliphatic hydroxyl groups is 1. The van der Waals surface area contributed by atoms with Gasteiger partial charge < -0.3 is 14.7 Å². The molecule has 0 aliphatic rings. The van der Waals surface area contributed by atoms with Crippen LogP contribution in [0.3, 0.4) is 0 Å². The maximum Gasteiger partial charge on any atom is 0.263 e. The normalized spacial score (nSPS) is 13.7. The van der Waals surface area contributed by atoms with Gasteiger partial charge in [0.2, 0.25) is 0 Å². The van der Waals surface area contributed by atoms with Crippen molar-refractivity contribution in [3.63, 3.8) is 0 Å². The molecule has 112 valence electrons. The van der Waals surface area contributed by atoms with Crippen LogP contribution in [0.2, 0.25) is 0 Å². The fourth-order valence-electron chi connectivity index (χ4n) is 2.10. The zero-order chi connectivity index (χ0) is 15.3. The molecule has 4 nitrogen and oxygen atoms in total. The number of hydrogen-bond acceptors (Lipinski definition) is 3. The third kappa shape index (κ3) is 3.97. The Kier molecular flexibility index (Phi) is 6.02. The van der Waals surface area contributed by atoms with Crippen LogP contribution in [0, 0.1) is 6.92 Å². The summed E-state index contributed by atoms with van der Waals surface area (Å²) in [5, 5.41) is 9.54. The lowest BCUT2D eigenvalue weighted by atomic mass is 10.1. The van der Waals surface area contributed by atoms with Gasteiger partial charge in [-0.3, -0.25) is 4.79 Å². The number of aliphatic hydroxyl groups excluding tert-OH is 1. The van der Waals surface area contributed by atoms with E-state index in [-0.39, 0.29) is 5.91 Å². The van der Waals surface area contributed by atoms with Gasteiger partial charge in [-0.25, -0.2) is 0 Å². The molecule has 2 unspecified atom stereocenters. The third-order valence-corrected chi connectivity index (χ3v) is 3.41. The van der Waals surface area contributed by atoms with Crippen LogP contribution in [0.5, 0.6) is 5.75 Å². The highest BCUT2D eigenvalue weighted by atomic mass is 16.5.